The van der Waals surface area contributed by atoms with Crippen LogP contribution < -0.4 is 10.1 Å². The van der Waals surface area contributed by atoms with E-state index in [0.29, 0.717) is 19.5 Å². The van der Waals surface area contributed by atoms with Crippen LogP contribution in [0.3, 0.4) is 0 Å². The Morgan fingerprint density at radius 2 is 1.61 bits per heavy atom. The number of nitrogens with one attached hydrogen (secondary N) is 1. The van der Waals surface area contributed by atoms with Crippen LogP contribution in [-0.4, -0.2) is 36.4 Å². The Morgan fingerprint density at radius 3 is 2.14 bits per heavy atom. The zero-order chi connectivity index (χ0) is 20.5. The lowest BCUT2D eigenvalue weighted by atomic mass is 10.1. The van der Waals surface area contributed by atoms with Crippen molar-refractivity contribution in [1.82, 2.24) is 10.2 Å². The molecule has 0 aliphatic carbocycles. The molecular formula is C23H30N2O3. The number of carbonyl (C=O) groups excluding carboxylic acids is 2. The highest BCUT2D eigenvalue weighted by Crippen LogP contribution is 2.17. The molecule has 1 N–H and O–H groups in total. The van der Waals surface area contributed by atoms with Crippen LogP contribution in [0.5, 0.6) is 5.75 Å². The van der Waals surface area contributed by atoms with E-state index in [1.54, 1.807) is 12.0 Å². The maximum absolute atomic E-state index is 13.2. The normalized spacial score (nSPS) is 11.6. The van der Waals surface area contributed by atoms with Gasteiger partial charge in [-0.3, -0.25) is 9.59 Å². The molecule has 0 saturated carbocycles. The van der Waals surface area contributed by atoms with Gasteiger partial charge in [0.2, 0.25) is 11.8 Å². The summed E-state index contributed by atoms with van der Waals surface area (Å²) in [5.41, 5.74) is 3.07. The number of nitrogens with zero attached hydrogens (tertiary/aromatic N) is 1. The predicted octanol–water partition coefficient (Wildman–Crippen LogP) is 3.49. The SMILES string of the molecule is CCNC(=O)[C@@H](CC)N(Cc1ccc(C)cc1)C(=O)Cc1ccc(OC)cc1. The van der Waals surface area contributed by atoms with Crippen molar-refractivity contribution in [2.75, 3.05) is 13.7 Å². The second-order valence-electron chi connectivity index (χ2n) is 6.85. The van der Waals surface area contributed by atoms with Gasteiger partial charge in [0.25, 0.3) is 0 Å². The number of amides is 2. The van der Waals surface area contributed by atoms with Crippen molar-refractivity contribution in [2.24, 2.45) is 0 Å². The minimum absolute atomic E-state index is 0.0659. The van der Waals surface area contributed by atoms with Crippen molar-refractivity contribution in [1.29, 1.82) is 0 Å². The summed E-state index contributed by atoms with van der Waals surface area (Å²) in [4.78, 5) is 27.4. The summed E-state index contributed by atoms with van der Waals surface area (Å²) in [7, 11) is 1.61. The Balaban J connectivity index is 2.24. The summed E-state index contributed by atoms with van der Waals surface area (Å²) in [6, 6.07) is 15.0. The smallest absolute Gasteiger partial charge is 0.242 e. The van der Waals surface area contributed by atoms with Crippen LogP contribution in [0.25, 0.3) is 0 Å². The van der Waals surface area contributed by atoms with Crippen LogP contribution in [0.2, 0.25) is 0 Å². The van der Waals surface area contributed by atoms with Gasteiger partial charge in [0.1, 0.15) is 11.8 Å². The number of ether oxygens (including phenoxy) is 1. The largest absolute Gasteiger partial charge is 0.497 e. The molecule has 0 aromatic heterocycles. The van der Waals surface area contributed by atoms with Crippen molar-refractivity contribution >= 4 is 11.8 Å². The third kappa shape index (κ3) is 5.84. The summed E-state index contributed by atoms with van der Waals surface area (Å²) < 4.78 is 5.18. The fourth-order valence-electron chi connectivity index (χ4n) is 3.12. The second-order valence-corrected chi connectivity index (χ2v) is 6.85. The lowest BCUT2D eigenvalue weighted by Crippen LogP contribution is -2.49. The quantitative estimate of drug-likeness (QED) is 0.722. The molecule has 2 rings (SSSR count). The van der Waals surface area contributed by atoms with Crippen LogP contribution in [0, 0.1) is 6.92 Å². The monoisotopic (exact) mass is 382 g/mol. The molecule has 0 aliphatic rings. The highest BCUT2D eigenvalue weighted by molar-refractivity contribution is 5.88. The van der Waals surface area contributed by atoms with E-state index in [2.05, 4.69) is 5.32 Å². The Morgan fingerprint density at radius 1 is 1.00 bits per heavy atom. The maximum atomic E-state index is 13.2. The van der Waals surface area contributed by atoms with Crippen LogP contribution in [0.15, 0.2) is 48.5 Å². The van der Waals surface area contributed by atoms with Gasteiger partial charge < -0.3 is 15.0 Å². The van der Waals surface area contributed by atoms with Gasteiger partial charge in [0.05, 0.1) is 13.5 Å². The Labute approximate surface area is 167 Å². The zero-order valence-electron chi connectivity index (χ0n) is 17.2. The summed E-state index contributed by atoms with van der Waals surface area (Å²) in [6.07, 6.45) is 0.803. The molecule has 2 aromatic rings. The molecule has 5 heteroatoms. The van der Waals surface area contributed by atoms with E-state index in [4.69, 9.17) is 4.74 Å². The number of hydrogen-bond acceptors (Lipinski definition) is 3. The first-order valence-corrected chi connectivity index (χ1v) is 9.74. The van der Waals surface area contributed by atoms with Crippen LogP contribution >= 0.6 is 0 Å². The molecule has 0 unspecified atom stereocenters. The minimum Gasteiger partial charge on any atom is -0.497 e. The van der Waals surface area contributed by atoms with Crippen LogP contribution in [0.1, 0.15) is 37.0 Å². The van der Waals surface area contributed by atoms with E-state index >= 15 is 0 Å². The number of rotatable bonds is 9. The van der Waals surface area contributed by atoms with Gasteiger partial charge in [0, 0.05) is 13.1 Å². The van der Waals surface area contributed by atoms with Crippen molar-refractivity contribution in [3.8, 4) is 5.75 Å². The van der Waals surface area contributed by atoms with E-state index in [-0.39, 0.29) is 18.2 Å². The molecule has 150 valence electrons. The van der Waals surface area contributed by atoms with Crippen molar-refractivity contribution < 1.29 is 14.3 Å². The van der Waals surface area contributed by atoms with Gasteiger partial charge in [-0.05, 0) is 43.5 Å². The van der Waals surface area contributed by atoms with Gasteiger partial charge in [-0.2, -0.15) is 0 Å². The molecule has 2 amide bonds. The summed E-state index contributed by atoms with van der Waals surface area (Å²) in [6.45, 7) is 6.79. The average Bonchev–Trinajstić information content (AvgIpc) is 2.70. The van der Waals surface area contributed by atoms with Gasteiger partial charge >= 0.3 is 0 Å². The zero-order valence-corrected chi connectivity index (χ0v) is 17.2. The standard InChI is InChI=1S/C23H30N2O3/c1-5-21(23(27)24-6-2)25(16-19-9-7-17(3)8-10-19)22(26)15-18-11-13-20(28-4)14-12-18/h7-14,21H,5-6,15-16H2,1-4H3,(H,24,27)/t21-/m1/s1. The number of benzene rings is 2. The topological polar surface area (TPSA) is 58.6 Å². The molecule has 0 heterocycles. The van der Waals surface area contributed by atoms with Crippen molar-refractivity contribution in [3.63, 3.8) is 0 Å². The fourth-order valence-corrected chi connectivity index (χ4v) is 3.12. The molecule has 0 spiro atoms. The molecule has 0 aliphatic heterocycles. The first kappa shape index (κ1) is 21.5. The number of methoxy groups -OCH3 is 1. The first-order valence-electron chi connectivity index (χ1n) is 9.74. The molecule has 5 nitrogen and oxygen atoms in total. The first-order chi connectivity index (χ1) is 13.5. The number of likely N-dealkylation sites (N-methyl/N-ethyl adjacent to an activating group) is 1. The molecular weight excluding hydrogens is 352 g/mol. The van der Waals surface area contributed by atoms with Gasteiger partial charge in [0.15, 0.2) is 0 Å². The van der Waals surface area contributed by atoms with Crippen LogP contribution in [-0.2, 0) is 22.6 Å². The fraction of sp³-hybridized carbons (Fsp3) is 0.391. The lowest BCUT2D eigenvalue weighted by molar-refractivity contribution is -0.140. The van der Waals surface area contributed by atoms with E-state index < -0.39 is 6.04 Å². The van der Waals surface area contributed by atoms with Gasteiger partial charge in [-0.1, -0.05) is 48.9 Å². The summed E-state index contributed by atoms with van der Waals surface area (Å²) in [5.74, 6) is 0.575. The lowest BCUT2D eigenvalue weighted by Gasteiger charge is -2.30. The van der Waals surface area contributed by atoms with E-state index in [1.807, 2.05) is 69.3 Å². The molecule has 0 bridgehead atoms. The molecule has 2 aromatic carbocycles. The maximum Gasteiger partial charge on any atom is 0.242 e. The van der Waals surface area contributed by atoms with Gasteiger partial charge in [-0.15, -0.1) is 0 Å². The molecule has 0 saturated heterocycles. The van der Waals surface area contributed by atoms with Crippen LogP contribution in [0.4, 0.5) is 0 Å². The highest BCUT2D eigenvalue weighted by Gasteiger charge is 2.28. The molecule has 28 heavy (non-hydrogen) atoms. The van der Waals surface area contributed by atoms with Crippen molar-refractivity contribution in [2.45, 2.75) is 46.2 Å². The summed E-state index contributed by atoms with van der Waals surface area (Å²) >= 11 is 0. The van der Waals surface area contributed by atoms with Gasteiger partial charge in [-0.25, -0.2) is 0 Å². The third-order valence-corrected chi connectivity index (χ3v) is 4.72. The summed E-state index contributed by atoms with van der Waals surface area (Å²) in [5, 5.41) is 2.86. The second kappa shape index (κ2) is 10.5. The minimum atomic E-state index is -0.494. The highest BCUT2D eigenvalue weighted by atomic mass is 16.5. The third-order valence-electron chi connectivity index (χ3n) is 4.72. The Hall–Kier alpha value is -2.82. The predicted molar refractivity (Wildman–Crippen MR) is 111 cm³/mol. The molecule has 0 fully saturated rings. The Bertz CT molecular complexity index is 769. The van der Waals surface area contributed by atoms with E-state index in [0.717, 1.165) is 22.4 Å². The average molecular weight is 383 g/mol. The number of aryl methyl sites for hydroxylation is 1. The number of hydrogen-bond donors (Lipinski definition) is 1. The van der Waals surface area contributed by atoms with E-state index in [1.165, 1.54) is 0 Å². The number of carbonyl (C=O) groups is 2. The van der Waals surface area contributed by atoms with E-state index in [9.17, 15) is 9.59 Å². The van der Waals surface area contributed by atoms with Crippen molar-refractivity contribution in [3.05, 3.63) is 65.2 Å². The molecule has 1 atom stereocenters. The molecule has 0 radical (unpaired) electrons. The Kier molecular flexibility index (Phi) is 8.05.